The number of rotatable bonds is 47. The van der Waals surface area contributed by atoms with Crippen molar-refractivity contribution in [2.45, 2.75) is 277 Å². The van der Waals surface area contributed by atoms with Crippen LogP contribution in [0.15, 0.2) is 36.5 Å². The first-order valence-electron chi connectivity index (χ1n) is 26.0. The number of ether oxygens (including phenoxy) is 3. The molecule has 0 aliphatic heterocycles. The highest BCUT2D eigenvalue weighted by molar-refractivity contribution is 5.71. The summed E-state index contributed by atoms with van der Waals surface area (Å²) in [5.74, 6) is -0.881. The van der Waals surface area contributed by atoms with Gasteiger partial charge in [0.05, 0.1) is 0 Å². The lowest BCUT2D eigenvalue weighted by atomic mass is 10.1. The maximum absolute atomic E-state index is 12.8. The van der Waals surface area contributed by atoms with Crippen molar-refractivity contribution in [1.29, 1.82) is 0 Å². The standard InChI is InChI=1S/C54H98O6/c1-4-7-10-13-16-19-21-23-25-26-27-28-29-31-32-35-38-41-44-47-53(56)59-50-51(49-58-52(55)46-43-40-37-34-18-15-12-9-6-3)60-54(57)48-45-42-39-36-33-30-24-22-20-17-14-11-8-5-2/h16,19,22-25,51H,4-15,17-18,20-21,26-50H2,1-3H3/b19-16-,24-22-,25-23-. The van der Waals surface area contributed by atoms with Crippen LogP contribution in [0, 0.1) is 0 Å². The number of allylic oxidation sites excluding steroid dienone is 6. The molecule has 0 fully saturated rings. The van der Waals surface area contributed by atoms with Crippen molar-refractivity contribution < 1.29 is 28.6 Å². The Morgan fingerprint density at radius 2 is 0.600 bits per heavy atom. The number of hydrogen-bond acceptors (Lipinski definition) is 6. The maximum Gasteiger partial charge on any atom is 0.306 e. The second kappa shape index (κ2) is 49.3. The third-order valence-electron chi connectivity index (χ3n) is 11.4. The Morgan fingerprint density at radius 1 is 0.333 bits per heavy atom. The predicted molar refractivity (Wildman–Crippen MR) is 256 cm³/mol. The topological polar surface area (TPSA) is 78.9 Å². The highest BCUT2D eigenvalue weighted by atomic mass is 16.6. The van der Waals surface area contributed by atoms with Gasteiger partial charge in [-0.2, -0.15) is 0 Å². The van der Waals surface area contributed by atoms with E-state index in [1.54, 1.807) is 0 Å². The highest BCUT2D eigenvalue weighted by Crippen LogP contribution is 2.15. The van der Waals surface area contributed by atoms with E-state index in [0.717, 1.165) is 70.6 Å². The van der Waals surface area contributed by atoms with E-state index >= 15 is 0 Å². The molecule has 6 heteroatoms. The summed E-state index contributed by atoms with van der Waals surface area (Å²) in [5, 5.41) is 0. The van der Waals surface area contributed by atoms with E-state index in [1.165, 1.54) is 161 Å². The van der Waals surface area contributed by atoms with Gasteiger partial charge in [0.15, 0.2) is 6.10 Å². The van der Waals surface area contributed by atoms with Gasteiger partial charge in [-0.25, -0.2) is 0 Å². The molecule has 350 valence electrons. The highest BCUT2D eigenvalue weighted by Gasteiger charge is 2.19. The van der Waals surface area contributed by atoms with Crippen molar-refractivity contribution in [2.75, 3.05) is 13.2 Å². The second-order valence-electron chi connectivity index (χ2n) is 17.4. The fraction of sp³-hybridized carbons (Fsp3) is 0.833. The fourth-order valence-electron chi connectivity index (χ4n) is 7.41. The monoisotopic (exact) mass is 843 g/mol. The Morgan fingerprint density at radius 3 is 0.967 bits per heavy atom. The van der Waals surface area contributed by atoms with Gasteiger partial charge in [-0.15, -0.1) is 0 Å². The van der Waals surface area contributed by atoms with Crippen molar-refractivity contribution >= 4 is 17.9 Å². The Bertz CT molecular complexity index is 1020. The summed E-state index contributed by atoms with van der Waals surface area (Å²) >= 11 is 0. The number of hydrogen-bond donors (Lipinski definition) is 0. The lowest BCUT2D eigenvalue weighted by Gasteiger charge is -2.18. The molecule has 0 amide bonds. The zero-order chi connectivity index (χ0) is 43.7. The van der Waals surface area contributed by atoms with Crippen LogP contribution in [-0.2, 0) is 28.6 Å². The Balaban J connectivity index is 4.29. The van der Waals surface area contributed by atoms with E-state index in [1.807, 2.05) is 0 Å². The number of carbonyl (C=O) groups is 3. The lowest BCUT2D eigenvalue weighted by Crippen LogP contribution is -2.30. The summed E-state index contributed by atoms with van der Waals surface area (Å²) in [6, 6.07) is 0. The van der Waals surface area contributed by atoms with Crippen LogP contribution in [0.5, 0.6) is 0 Å². The molecule has 1 unspecified atom stereocenters. The van der Waals surface area contributed by atoms with Gasteiger partial charge in [0.1, 0.15) is 13.2 Å². The molecule has 0 radical (unpaired) electrons. The molecule has 0 saturated carbocycles. The molecule has 0 aliphatic carbocycles. The quantitative estimate of drug-likeness (QED) is 0.0263. The molecule has 0 aromatic carbocycles. The molecule has 1 atom stereocenters. The molecule has 0 bridgehead atoms. The van der Waals surface area contributed by atoms with Crippen LogP contribution in [0.1, 0.15) is 271 Å². The van der Waals surface area contributed by atoms with E-state index in [0.29, 0.717) is 19.3 Å². The van der Waals surface area contributed by atoms with Crippen molar-refractivity contribution in [3.05, 3.63) is 36.5 Å². The Labute approximate surface area is 372 Å². The van der Waals surface area contributed by atoms with E-state index < -0.39 is 6.10 Å². The van der Waals surface area contributed by atoms with Gasteiger partial charge in [-0.05, 0) is 77.0 Å². The molecule has 6 nitrogen and oxygen atoms in total. The van der Waals surface area contributed by atoms with Crippen molar-refractivity contribution in [3.63, 3.8) is 0 Å². The van der Waals surface area contributed by atoms with E-state index in [9.17, 15) is 14.4 Å². The maximum atomic E-state index is 12.8. The van der Waals surface area contributed by atoms with Gasteiger partial charge in [-0.3, -0.25) is 14.4 Å². The molecule has 0 aromatic rings. The van der Waals surface area contributed by atoms with E-state index in [2.05, 4.69) is 57.2 Å². The van der Waals surface area contributed by atoms with E-state index in [-0.39, 0.29) is 31.1 Å². The number of carbonyl (C=O) groups excluding carboxylic acids is 3. The summed E-state index contributed by atoms with van der Waals surface area (Å²) in [4.78, 5) is 37.9. The van der Waals surface area contributed by atoms with Crippen LogP contribution in [0.2, 0.25) is 0 Å². The molecule has 0 heterocycles. The molecular weight excluding hydrogens is 745 g/mol. The number of esters is 3. The van der Waals surface area contributed by atoms with Gasteiger partial charge < -0.3 is 14.2 Å². The van der Waals surface area contributed by atoms with Gasteiger partial charge in [-0.1, -0.05) is 211 Å². The summed E-state index contributed by atoms with van der Waals surface area (Å²) in [7, 11) is 0. The molecular formula is C54H98O6. The third-order valence-corrected chi connectivity index (χ3v) is 11.4. The van der Waals surface area contributed by atoms with Gasteiger partial charge in [0.2, 0.25) is 0 Å². The smallest absolute Gasteiger partial charge is 0.306 e. The molecule has 0 spiro atoms. The minimum atomic E-state index is -0.773. The summed E-state index contributed by atoms with van der Waals surface area (Å²) < 4.78 is 16.8. The first-order valence-corrected chi connectivity index (χ1v) is 26.0. The Hall–Kier alpha value is -2.37. The SMILES string of the molecule is CCCCC/C=C\C/C=C\CCCCCCCCCCCC(=O)OCC(COC(=O)CCCCCCCCCCC)OC(=O)CCCCCCC/C=C\CCCCCCC. The third kappa shape index (κ3) is 46.7. The van der Waals surface area contributed by atoms with Crippen LogP contribution in [0.25, 0.3) is 0 Å². The Kier molecular flexibility index (Phi) is 47.3. The molecule has 60 heavy (non-hydrogen) atoms. The van der Waals surface area contributed by atoms with Crippen LogP contribution < -0.4 is 0 Å². The minimum absolute atomic E-state index is 0.0743. The van der Waals surface area contributed by atoms with Crippen molar-refractivity contribution in [3.8, 4) is 0 Å². The van der Waals surface area contributed by atoms with Crippen LogP contribution in [0.3, 0.4) is 0 Å². The van der Waals surface area contributed by atoms with Crippen LogP contribution in [-0.4, -0.2) is 37.2 Å². The van der Waals surface area contributed by atoms with Crippen LogP contribution in [0.4, 0.5) is 0 Å². The van der Waals surface area contributed by atoms with Gasteiger partial charge >= 0.3 is 17.9 Å². The minimum Gasteiger partial charge on any atom is -0.462 e. The second-order valence-corrected chi connectivity index (χ2v) is 17.4. The first-order chi connectivity index (χ1) is 29.5. The lowest BCUT2D eigenvalue weighted by molar-refractivity contribution is -0.167. The predicted octanol–water partition coefficient (Wildman–Crippen LogP) is 16.9. The largest absolute Gasteiger partial charge is 0.462 e. The fourth-order valence-corrected chi connectivity index (χ4v) is 7.41. The van der Waals surface area contributed by atoms with Gasteiger partial charge in [0.25, 0.3) is 0 Å². The summed E-state index contributed by atoms with van der Waals surface area (Å²) in [5.41, 5.74) is 0. The summed E-state index contributed by atoms with van der Waals surface area (Å²) in [6.45, 7) is 6.59. The summed E-state index contributed by atoms with van der Waals surface area (Å²) in [6.07, 6.45) is 57.0. The average molecular weight is 843 g/mol. The molecule has 0 rings (SSSR count). The first kappa shape index (κ1) is 57.6. The average Bonchev–Trinajstić information content (AvgIpc) is 3.24. The van der Waals surface area contributed by atoms with Crippen LogP contribution >= 0.6 is 0 Å². The number of unbranched alkanes of at least 4 members (excludes halogenated alkanes) is 30. The molecule has 0 aliphatic rings. The molecule has 0 saturated heterocycles. The zero-order valence-electron chi connectivity index (χ0n) is 40.0. The van der Waals surface area contributed by atoms with Gasteiger partial charge in [0, 0.05) is 19.3 Å². The molecule has 0 N–H and O–H groups in total. The zero-order valence-corrected chi connectivity index (χ0v) is 40.0. The molecule has 0 aromatic heterocycles. The van der Waals surface area contributed by atoms with Crippen molar-refractivity contribution in [2.24, 2.45) is 0 Å². The van der Waals surface area contributed by atoms with Crippen molar-refractivity contribution in [1.82, 2.24) is 0 Å². The normalized spacial score (nSPS) is 12.2. The van der Waals surface area contributed by atoms with E-state index in [4.69, 9.17) is 14.2 Å².